The summed E-state index contributed by atoms with van der Waals surface area (Å²) in [7, 11) is 1.50. The van der Waals surface area contributed by atoms with Crippen molar-refractivity contribution in [3.05, 3.63) is 52.3 Å². The van der Waals surface area contributed by atoms with Crippen molar-refractivity contribution >= 4 is 17.6 Å². The standard InChI is InChI=1S/C19H20ClFN2O4/c1-11(14-9-13(21)3-4-16(14)25-2)23-19(24)22-10-12-7-15(20)18-17(8-12)26-5-6-27-18/h3-4,7-9,11H,5-6,10H2,1-2H3,(H2,22,23,24). The summed E-state index contributed by atoms with van der Waals surface area (Å²) in [6.07, 6.45) is 0. The Morgan fingerprint density at radius 3 is 2.85 bits per heavy atom. The van der Waals surface area contributed by atoms with Gasteiger partial charge in [0, 0.05) is 12.1 Å². The number of benzene rings is 2. The van der Waals surface area contributed by atoms with Crippen LogP contribution in [0.2, 0.25) is 5.02 Å². The summed E-state index contributed by atoms with van der Waals surface area (Å²) in [5, 5.41) is 5.94. The van der Waals surface area contributed by atoms with Crippen LogP contribution in [0, 0.1) is 5.82 Å². The molecule has 1 aliphatic heterocycles. The molecule has 6 nitrogen and oxygen atoms in total. The van der Waals surface area contributed by atoms with E-state index in [9.17, 15) is 9.18 Å². The average molecular weight is 395 g/mol. The van der Waals surface area contributed by atoms with E-state index < -0.39 is 17.9 Å². The van der Waals surface area contributed by atoms with Crippen LogP contribution < -0.4 is 24.8 Å². The molecule has 8 heteroatoms. The number of hydrogen-bond acceptors (Lipinski definition) is 4. The molecule has 0 radical (unpaired) electrons. The van der Waals surface area contributed by atoms with E-state index in [0.717, 1.165) is 5.56 Å². The zero-order valence-corrected chi connectivity index (χ0v) is 15.7. The third-order valence-electron chi connectivity index (χ3n) is 4.12. The first kappa shape index (κ1) is 19.1. The van der Waals surface area contributed by atoms with Crippen LogP contribution in [0.5, 0.6) is 17.2 Å². The molecule has 2 amide bonds. The average Bonchev–Trinajstić information content (AvgIpc) is 2.66. The molecule has 1 aliphatic rings. The van der Waals surface area contributed by atoms with Crippen molar-refractivity contribution in [3.63, 3.8) is 0 Å². The van der Waals surface area contributed by atoms with Crippen LogP contribution in [-0.4, -0.2) is 26.4 Å². The lowest BCUT2D eigenvalue weighted by Crippen LogP contribution is -2.36. The predicted octanol–water partition coefficient (Wildman–Crippen LogP) is 3.82. The third kappa shape index (κ3) is 4.54. The highest BCUT2D eigenvalue weighted by Gasteiger charge is 2.18. The minimum atomic E-state index is -0.445. The molecule has 144 valence electrons. The number of hydrogen-bond donors (Lipinski definition) is 2. The maximum Gasteiger partial charge on any atom is 0.315 e. The van der Waals surface area contributed by atoms with Crippen LogP contribution in [-0.2, 0) is 6.54 Å². The van der Waals surface area contributed by atoms with E-state index in [4.69, 9.17) is 25.8 Å². The molecule has 1 heterocycles. The first-order valence-corrected chi connectivity index (χ1v) is 8.81. The topological polar surface area (TPSA) is 68.8 Å². The lowest BCUT2D eigenvalue weighted by molar-refractivity contribution is 0.171. The number of halogens is 2. The number of carbonyl (C=O) groups is 1. The minimum absolute atomic E-state index is 0.245. The second kappa shape index (κ2) is 8.35. The largest absolute Gasteiger partial charge is 0.496 e. The Balaban J connectivity index is 1.62. The number of ether oxygens (including phenoxy) is 3. The van der Waals surface area contributed by atoms with Gasteiger partial charge in [0.05, 0.1) is 18.2 Å². The Labute approximate surface area is 161 Å². The summed E-state index contributed by atoms with van der Waals surface area (Å²) in [5.41, 5.74) is 1.32. The fourth-order valence-electron chi connectivity index (χ4n) is 2.82. The van der Waals surface area contributed by atoms with Crippen LogP contribution in [0.3, 0.4) is 0 Å². The molecule has 3 rings (SSSR count). The summed E-state index contributed by atoms with van der Waals surface area (Å²) in [6.45, 7) is 2.90. The molecule has 0 bridgehead atoms. The molecule has 2 N–H and O–H groups in total. The molecule has 0 aromatic heterocycles. The maximum atomic E-state index is 13.5. The van der Waals surface area contributed by atoms with Crippen molar-refractivity contribution in [2.75, 3.05) is 20.3 Å². The number of nitrogens with one attached hydrogen (secondary N) is 2. The number of carbonyl (C=O) groups excluding carboxylic acids is 1. The highest BCUT2D eigenvalue weighted by atomic mass is 35.5. The van der Waals surface area contributed by atoms with Gasteiger partial charge in [-0.25, -0.2) is 9.18 Å². The monoisotopic (exact) mass is 394 g/mol. The molecule has 0 saturated carbocycles. The molecule has 1 unspecified atom stereocenters. The predicted molar refractivity (Wildman–Crippen MR) is 99.2 cm³/mol. The van der Waals surface area contributed by atoms with E-state index in [2.05, 4.69) is 10.6 Å². The summed E-state index contributed by atoms with van der Waals surface area (Å²) >= 11 is 6.19. The number of rotatable bonds is 5. The van der Waals surface area contributed by atoms with Crippen LogP contribution in [0.1, 0.15) is 24.1 Å². The van der Waals surface area contributed by atoms with Crippen molar-refractivity contribution in [2.45, 2.75) is 19.5 Å². The normalized spacial score (nSPS) is 13.6. The highest BCUT2D eigenvalue weighted by Crippen LogP contribution is 2.38. The van der Waals surface area contributed by atoms with Gasteiger partial charge in [-0.05, 0) is 42.8 Å². The van der Waals surface area contributed by atoms with E-state index in [-0.39, 0.29) is 6.54 Å². The van der Waals surface area contributed by atoms with E-state index in [1.807, 2.05) is 0 Å². The summed E-state index contributed by atoms with van der Waals surface area (Å²) < 4.78 is 29.7. The van der Waals surface area contributed by atoms with E-state index in [1.54, 1.807) is 19.1 Å². The Morgan fingerprint density at radius 2 is 2.07 bits per heavy atom. The van der Waals surface area contributed by atoms with Crippen LogP contribution in [0.25, 0.3) is 0 Å². The Kier molecular flexibility index (Phi) is 5.91. The zero-order chi connectivity index (χ0) is 19.4. The highest BCUT2D eigenvalue weighted by molar-refractivity contribution is 6.32. The minimum Gasteiger partial charge on any atom is -0.496 e. The quantitative estimate of drug-likeness (QED) is 0.809. The van der Waals surface area contributed by atoms with Gasteiger partial charge in [-0.2, -0.15) is 0 Å². The van der Waals surface area contributed by atoms with Crippen molar-refractivity contribution in [1.82, 2.24) is 10.6 Å². The van der Waals surface area contributed by atoms with Gasteiger partial charge in [0.15, 0.2) is 11.5 Å². The Bertz CT molecular complexity index is 847. The van der Waals surface area contributed by atoms with Crippen LogP contribution in [0.15, 0.2) is 30.3 Å². The second-order valence-electron chi connectivity index (χ2n) is 6.04. The summed E-state index contributed by atoms with van der Waals surface area (Å²) in [5.74, 6) is 1.18. The van der Waals surface area contributed by atoms with Gasteiger partial charge in [0.1, 0.15) is 24.8 Å². The maximum absolute atomic E-state index is 13.5. The smallest absolute Gasteiger partial charge is 0.315 e. The Hall–Kier alpha value is -2.67. The third-order valence-corrected chi connectivity index (χ3v) is 4.40. The zero-order valence-electron chi connectivity index (χ0n) is 15.0. The van der Waals surface area contributed by atoms with Crippen LogP contribution >= 0.6 is 11.6 Å². The van der Waals surface area contributed by atoms with Gasteiger partial charge >= 0.3 is 6.03 Å². The summed E-state index contributed by atoms with van der Waals surface area (Å²) in [6, 6.07) is 6.82. The fourth-order valence-corrected chi connectivity index (χ4v) is 3.11. The van der Waals surface area contributed by atoms with Gasteiger partial charge in [0.25, 0.3) is 0 Å². The van der Waals surface area contributed by atoms with E-state index in [1.165, 1.54) is 25.3 Å². The van der Waals surface area contributed by atoms with E-state index >= 15 is 0 Å². The lowest BCUT2D eigenvalue weighted by atomic mass is 10.1. The second-order valence-corrected chi connectivity index (χ2v) is 6.44. The van der Waals surface area contributed by atoms with Gasteiger partial charge < -0.3 is 24.8 Å². The lowest BCUT2D eigenvalue weighted by Gasteiger charge is -2.21. The molecule has 0 spiro atoms. The van der Waals surface area contributed by atoms with Crippen molar-refractivity contribution < 1.29 is 23.4 Å². The molecular formula is C19H20ClFN2O4. The molecule has 0 saturated heterocycles. The van der Waals surface area contributed by atoms with Gasteiger partial charge in [0.2, 0.25) is 0 Å². The molecule has 0 aliphatic carbocycles. The number of methoxy groups -OCH3 is 1. The molecule has 27 heavy (non-hydrogen) atoms. The Morgan fingerprint density at radius 1 is 1.30 bits per heavy atom. The van der Waals surface area contributed by atoms with Gasteiger partial charge in [-0.15, -0.1) is 0 Å². The number of fused-ring (bicyclic) bond motifs is 1. The van der Waals surface area contributed by atoms with Crippen molar-refractivity contribution in [2.24, 2.45) is 0 Å². The van der Waals surface area contributed by atoms with Crippen molar-refractivity contribution in [1.29, 1.82) is 0 Å². The molecule has 0 fully saturated rings. The van der Waals surface area contributed by atoms with Gasteiger partial charge in [-0.3, -0.25) is 0 Å². The molecule has 2 aromatic carbocycles. The van der Waals surface area contributed by atoms with E-state index in [0.29, 0.717) is 41.0 Å². The molecule has 2 aromatic rings. The van der Waals surface area contributed by atoms with Gasteiger partial charge in [-0.1, -0.05) is 11.6 Å². The molecule has 1 atom stereocenters. The first-order valence-electron chi connectivity index (χ1n) is 8.43. The first-order chi connectivity index (χ1) is 13.0. The molecular weight excluding hydrogens is 375 g/mol. The summed E-state index contributed by atoms with van der Waals surface area (Å²) in [4.78, 5) is 12.2. The van der Waals surface area contributed by atoms with Crippen molar-refractivity contribution in [3.8, 4) is 17.2 Å². The van der Waals surface area contributed by atoms with Crippen LogP contribution in [0.4, 0.5) is 9.18 Å². The number of urea groups is 1. The SMILES string of the molecule is COc1ccc(F)cc1C(C)NC(=O)NCc1cc(Cl)c2c(c1)OCCO2. The fraction of sp³-hybridized carbons (Fsp3) is 0.316. The number of amides is 2.